The fraction of sp³-hybridized carbons (Fsp3) is 0.643. The second-order valence-electron chi connectivity index (χ2n) is 5.40. The molecule has 4 nitrogen and oxygen atoms in total. The third kappa shape index (κ3) is 3.69. The number of anilines is 2. The molecule has 0 bridgehead atoms. The lowest BCUT2D eigenvalue weighted by Gasteiger charge is -2.25. The second kappa shape index (κ2) is 6.37. The summed E-state index contributed by atoms with van der Waals surface area (Å²) in [5, 5.41) is 0. The molecule has 0 aliphatic carbocycles. The molecule has 0 amide bonds. The normalized spacial score (nSPS) is 18.8. The van der Waals surface area contributed by atoms with Gasteiger partial charge in [-0.05, 0) is 30.2 Å². The highest BCUT2D eigenvalue weighted by atomic mass is 32.2. The lowest BCUT2D eigenvalue weighted by Crippen LogP contribution is -2.32. The number of ether oxygens (including phenoxy) is 1. The first kappa shape index (κ1) is 14.3. The van der Waals surface area contributed by atoms with Crippen LogP contribution in [-0.4, -0.2) is 36.2 Å². The predicted molar refractivity (Wildman–Crippen MR) is 83.1 cm³/mol. The van der Waals surface area contributed by atoms with E-state index in [4.69, 9.17) is 10.5 Å². The van der Waals surface area contributed by atoms with Gasteiger partial charge in [0, 0.05) is 18.8 Å². The van der Waals surface area contributed by atoms with Crippen molar-refractivity contribution in [1.82, 2.24) is 4.98 Å². The van der Waals surface area contributed by atoms with E-state index in [2.05, 4.69) is 30.8 Å². The van der Waals surface area contributed by atoms with Crippen LogP contribution in [0.15, 0.2) is 12.1 Å². The Kier molecular flexibility index (Phi) is 4.80. The first-order valence-electron chi connectivity index (χ1n) is 6.78. The van der Waals surface area contributed by atoms with Gasteiger partial charge in [-0.2, -0.15) is 16.7 Å². The molecule has 106 valence electrons. The molecule has 5 heteroatoms. The van der Waals surface area contributed by atoms with Crippen LogP contribution in [0.2, 0.25) is 0 Å². The topological polar surface area (TPSA) is 51.4 Å². The Labute approximate surface area is 119 Å². The standard InChI is InChI=1S/C14H23N3OS/c1-10(2)8-18-14-12(15)4-5-13(16-14)17(3)11-6-7-19-9-11/h4-5,10-11H,6-9,15H2,1-3H3. The van der Waals surface area contributed by atoms with Crippen LogP contribution in [0, 0.1) is 5.92 Å². The van der Waals surface area contributed by atoms with Crippen molar-refractivity contribution in [2.24, 2.45) is 5.92 Å². The monoisotopic (exact) mass is 281 g/mol. The molecule has 2 rings (SSSR count). The Morgan fingerprint density at radius 3 is 2.95 bits per heavy atom. The summed E-state index contributed by atoms with van der Waals surface area (Å²) in [5.41, 5.74) is 6.53. The molecule has 2 N–H and O–H groups in total. The third-order valence-electron chi connectivity index (χ3n) is 3.24. The first-order chi connectivity index (χ1) is 9.08. The second-order valence-corrected chi connectivity index (χ2v) is 6.55. The van der Waals surface area contributed by atoms with Crippen LogP contribution in [0.1, 0.15) is 20.3 Å². The summed E-state index contributed by atoms with van der Waals surface area (Å²) in [6.07, 6.45) is 1.22. The molecule has 2 heterocycles. The molecule has 1 aliphatic heterocycles. The number of aromatic nitrogens is 1. The smallest absolute Gasteiger partial charge is 0.239 e. The van der Waals surface area contributed by atoms with E-state index in [0.29, 0.717) is 30.1 Å². The zero-order chi connectivity index (χ0) is 13.8. The van der Waals surface area contributed by atoms with Gasteiger partial charge >= 0.3 is 0 Å². The summed E-state index contributed by atoms with van der Waals surface area (Å²) in [5.74, 6) is 4.38. The van der Waals surface area contributed by atoms with E-state index in [9.17, 15) is 0 Å². The molecule has 1 aromatic rings. The Bertz CT molecular complexity index is 419. The summed E-state index contributed by atoms with van der Waals surface area (Å²) >= 11 is 2.00. The molecule has 1 atom stereocenters. The maximum Gasteiger partial charge on any atom is 0.239 e. The van der Waals surface area contributed by atoms with Crippen molar-refractivity contribution in [1.29, 1.82) is 0 Å². The minimum Gasteiger partial charge on any atom is -0.476 e. The minimum absolute atomic E-state index is 0.466. The van der Waals surface area contributed by atoms with Crippen LogP contribution >= 0.6 is 11.8 Å². The van der Waals surface area contributed by atoms with Gasteiger partial charge in [0.1, 0.15) is 5.82 Å². The maximum absolute atomic E-state index is 5.92. The molecule has 19 heavy (non-hydrogen) atoms. The van der Waals surface area contributed by atoms with Gasteiger partial charge in [0.05, 0.1) is 12.3 Å². The van der Waals surface area contributed by atoms with E-state index in [-0.39, 0.29) is 0 Å². The molecule has 1 aromatic heterocycles. The zero-order valence-electron chi connectivity index (χ0n) is 11.9. The Morgan fingerprint density at radius 1 is 1.53 bits per heavy atom. The van der Waals surface area contributed by atoms with Crippen molar-refractivity contribution in [2.75, 3.05) is 35.8 Å². The van der Waals surface area contributed by atoms with Gasteiger partial charge in [0.2, 0.25) is 5.88 Å². The number of nitrogens with zero attached hydrogens (tertiary/aromatic N) is 2. The average molecular weight is 281 g/mol. The zero-order valence-corrected chi connectivity index (χ0v) is 12.7. The van der Waals surface area contributed by atoms with Gasteiger partial charge in [-0.15, -0.1) is 0 Å². The Morgan fingerprint density at radius 2 is 2.32 bits per heavy atom. The van der Waals surface area contributed by atoms with Crippen molar-refractivity contribution in [3.8, 4) is 5.88 Å². The lowest BCUT2D eigenvalue weighted by molar-refractivity contribution is 0.263. The number of pyridine rings is 1. The van der Waals surface area contributed by atoms with Crippen LogP contribution in [0.4, 0.5) is 11.5 Å². The van der Waals surface area contributed by atoms with Gasteiger partial charge in [-0.1, -0.05) is 13.8 Å². The van der Waals surface area contributed by atoms with E-state index < -0.39 is 0 Å². The van der Waals surface area contributed by atoms with E-state index in [0.717, 1.165) is 5.82 Å². The summed E-state index contributed by atoms with van der Waals surface area (Å²) in [6.45, 7) is 4.87. The fourth-order valence-electron chi connectivity index (χ4n) is 2.01. The quantitative estimate of drug-likeness (QED) is 0.899. The molecular weight excluding hydrogens is 258 g/mol. The number of hydrogen-bond acceptors (Lipinski definition) is 5. The summed E-state index contributed by atoms with van der Waals surface area (Å²) in [6, 6.07) is 4.43. The molecule has 0 spiro atoms. The highest BCUT2D eigenvalue weighted by Crippen LogP contribution is 2.28. The molecule has 0 radical (unpaired) electrons. The van der Waals surface area contributed by atoms with Crippen molar-refractivity contribution >= 4 is 23.3 Å². The first-order valence-corrected chi connectivity index (χ1v) is 7.93. The van der Waals surface area contributed by atoms with Crippen LogP contribution < -0.4 is 15.4 Å². The van der Waals surface area contributed by atoms with Gasteiger partial charge in [-0.3, -0.25) is 0 Å². The van der Waals surface area contributed by atoms with Gasteiger partial charge < -0.3 is 15.4 Å². The van der Waals surface area contributed by atoms with Crippen LogP contribution in [0.25, 0.3) is 0 Å². The lowest BCUT2D eigenvalue weighted by atomic mass is 10.2. The van der Waals surface area contributed by atoms with E-state index in [1.54, 1.807) is 0 Å². The van der Waals surface area contributed by atoms with Crippen molar-refractivity contribution < 1.29 is 4.74 Å². The fourth-order valence-corrected chi connectivity index (χ4v) is 3.28. The molecule has 1 unspecified atom stereocenters. The Balaban J connectivity index is 2.10. The van der Waals surface area contributed by atoms with Crippen molar-refractivity contribution in [2.45, 2.75) is 26.3 Å². The predicted octanol–water partition coefficient (Wildman–Crippen LogP) is 2.64. The van der Waals surface area contributed by atoms with Gasteiger partial charge in [0.25, 0.3) is 0 Å². The van der Waals surface area contributed by atoms with Crippen molar-refractivity contribution in [3.05, 3.63) is 12.1 Å². The number of hydrogen-bond donors (Lipinski definition) is 1. The molecule has 1 aliphatic rings. The molecule has 1 saturated heterocycles. The van der Waals surface area contributed by atoms with Crippen LogP contribution in [0.5, 0.6) is 5.88 Å². The van der Waals surface area contributed by atoms with E-state index >= 15 is 0 Å². The molecule has 0 aromatic carbocycles. The third-order valence-corrected chi connectivity index (χ3v) is 4.39. The molecular formula is C14H23N3OS. The van der Waals surface area contributed by atoms with Gasteiger partial charge in [0.15, 0.2) is 0 Å². The summed E-state index contributed by atoms with van der Waals surface area (Å²) in [4.78, 5) is 6.80. The Hall–Kier alpha value is -1.10. The highest BCUT2D eigenvalue weighted by Gasteiger charge is 2.21. The average Bonchev–Trinajstić information content (AvgIpc) is 2.90. The number of thioether (sulfide) groups is 1. The number of nitrogens with two attached hydrogens (primary N) is 1. The number of nitrogen functional groups attached to an aromatic ring is 1. The summed E-state index contributed by atoms with van der Waals surface area (Å²) in [7, 11) is 2.10. The summed E-state index contributed by atoms with van der Waals surface area (Å²) < 4.78 is 5.68. The van der Waals surface area contributed by atoms with Crippen LogP contribution in [-0.2, 0) is 0 Å². The number of rotatable bonds is 5. The van der Waals surface area contributed by atoms with E-state index in [1.165, 1.54) is 17.9 Å². The maximum atomic E-state index is 5.92. The largest absolute Gasteiger partial charge is 0.476 e. The highest BCUT2D eigenvalue weighted by molar-refractivity contribution is 7.99. The molecule has 0 saturated carbocycles. The SMILES string of the molecule is CC(C)COc1nc(N(C)C2CCSC2)ccc1N. The molecule has 1 fully saturated rings. The minimum atomic E-state index is 0.466. The van der Waals surface area contributed by atoms with Crippen molar-refractivity contribution in [3.63, 3.8) is 0 Å². The van der Waals surface area contributed by atoms with Crippen LogP contribution in [0.3, 0.4) is 0 Å². The van der Waals surface area contributed by atoms with Gasteiger partial charge in [-0.25, -0.2) is 0 Å². The van der Waals surface area contributed by atoms with E-state index in [1.807, 2.05) is 23.9 Å².